The van der Waals surface area contributed by atoms with Crippen molar-refractivity contribution in [2.45, 2.75) is 32.6 Å². The SMILES string of the molecule is Cc1nc(-c2cccc(-c3cccc(NC(=O)c4nc5c(n4C)CCN(C)C5)c3Cl)c2Cl)ccc1CN1CC(F)C1. The van der Waals surface area contributed by atoms with E-state index >= 15 is 0 Å². The Labute approximate surface area is 248 Å². The van der Waals surface area contributed by atoms with Gasteiger partial charge in [-0.05, 0) is 31.7 Å². The van der Waals surface area contributed by atoms with Crippen molar-refractivity contribution in [2.75, 3.05) is 32.0 Å². The Hall–Kier alpha value is -3.30. The number of aryl methyl sites for hydroxylation is 1. The number of halogens is 3. The van der Waals surface area contributed by atoms with Gasteiger partial charge in [0.1, 0.15) is 6.17 Å². The highest BCUT2D eigenvalue weighted by molar-refractivity contribution is 6.39. The van der Waals surface area contributed by atoms with Crippen LogP contribution in [0.5, 0.6) is 0 Å². The van der Waals surface area contributed by atoms with E-state index in [-0.39, 0.29) is 5.91 Å². The van der Waals surface area contributed by atoms with Gasteiger partial charge in [-0.15, -0.1) is 0 Å². The molecule has 7 nitrogen and oxygen atoms in total. The number of alkyl halides is 1. The number of hydrogen-bond donors (Lipinski definition) is 1. The number of anilines is 1. The monoisotopic (exact) mass is 592 g/mol. The predicted molar refractivity (Wildman–Crippen MR) is 161 cm³/mol. The molecule has 2 aliphatic rings. The van der Waals surface area contributed by atoms with Crippen molar-refractivity contribution in [3.63, 3.8) is 0 Å². The summed E-state index contributed by atoms with van der Waals surface area (Å²) in [4.78, 5) is 27.0. The fourth-order valence-electron chi connectivity index (χ4n) is 5.60. The van der Waals surface area contributed by atoms with E-state index in [0.29, 0.717) is 46.8 Å². The second-order valence-electron chi connectivity index (χ2n) is 10.9. The summed E-state index contributed by atoms with van der Waals surface area (Å²) in [5.41, 5.74) is 7.41. The number of likely N-dealkylation sites (N-methyl/N-ethyl adjacent to an activating group) is 1. The Kier molecular flexibility index (Phi) is 7.59. The van der Waals surface area contributed by atoms with Crippen molar-refractivity contribution in [3.05, 3.63) is 87.0 Å². The molecular formula is C31H31Cl2FN6O. The van der Waals surface area contributed by atoms with Gasteiger partial charge in [-0.1, -0.05) is 59.6 Å². The molecule has 0 saturated carbocycles. The highest BCUT2D eigenvalue weighted by atomic mass is 35.5. The molecule has 0 aliphatic carbocycles. The van der Waals surface area contributed by atoms with Crippen LogP contribution in [-0.4, -0.2) is 63.1 Å². The maximum atomic E-state index is 13.3. The molecule has 2 aromatic heterocycles. The lowest BCUT2D eigenvalue weighted by atomic mass is 9.99. The number of carbonyl (C=O) groups excluding carboxylic acids is 1. The fraction of sp³-hybridized carbons (Fsp3) is 0.323. The minimum Gasteiger partial charge on any atom is -0.327 e. The van der Waals surface area contributed by atoms with Gasteiger partial charge in [-0.2, -0.15) is 0 Å². The van der Waals surface area contributed by atoms with Crippen molar-refractivity contribution in [3.8, 4) is 22.4 Å². The van der Waals surface area contributed by atoms with Crippen molar-refractivity contribution >= 4 is 34.8 Å². The predicted octanol–water partition coefficient (Wildman–Crippen LogP) is 6.16. The third-order valence-electron chi connectivity index (χ3n) is 7.96. The van der Waals surface area contributed by atoms with E-state index in [2.05, 4.69) is 20.1 Å². The summed E-state index contributed by atoms with van der Waals surface area (Å²) in [6.07, 6.45) is 0.119. The molecule has 0 unspecified atom stereocenters. The molecule has 41 heavy (non-hydrogen) atoms. The molecular weight excluding hydrogens is 562 g/mol. The van der Waals surface area contributed by atoms with Crippen LogP contribution in [0.4, 0.5) is 10.1 Å². The summed E-state index contributed by atoms with van der Waals surface area (Å²) in [7, 11) is 3.93. The Morgan fingerprint density at radius 3 is 2.44 bits per heavy atom. The number of likely N-dealkylation sites (tertiary alicyclic amines) is 1. The summed E-state index contributed by atoms with van der Waals surface area (Å²) in [6.45, 7) is 5.23. The molecule has 10 heteroatoms. The van der Waals surface area contributed by atoms with Crippen LogP contribution in [0, 0.1) is 6.92 Å². The van der Waals surface area contributed by atoms with E-state index < -0.39 is 6.17 Å². The van der Waals surface area contributed by atoms with Crippen molar-refractivity contribution in [2.24, 2.45) is 7.05 Å². The first-order valence-corrected chi connectivity index (χ1v) is 14.4. The quantitative estimate of drug-likeness (QED) is 0.290. The number of pyridine rings is 1. The molecule has 0 spiro atoms. The maximum Gasteiger partial charge on any atom is 0.291 e. The zero-order valence-corrected chi connectivity index (χ0v) is 24.7. The number of rotatable bonds is 6. The fourth-order valence-corrected chi connectivity index (χ4v) is 6.20. The lowest BCUT2D eigenvalue weighted by molar-refractivity contribution is 0.0588. The van der Waals surface area contributed by atoms with Gasteiger partial charge in [0.05, 0.1) is 27.1 Å². The first kappa shape index (κ1) is 27.8. The van der Waals surface area contributed by atoms with E-state index in [0.717, 1.165) is 59.0 Å². The molecule has 4 heterocycles. The van der Waals surface area contributed by atoms with Crippen LogP contribution in [0.25, 0.3) is 22.4 Å². The molecule has 1 saturated heterocycles. The van der Waals surface area contributed by atoms with Gasteiger partial charge in [0.25, 0.3) is 5.91 Å². The van der Waals surface area contributed by atoms with Gasteiger partial charge >= 0.3 is 0 Å². The highest BCUT2D eigenvalue weighted by Gasteiger charge is 2.27. The lowest BCUT2D eigenvalue weighted by Gasteiger charge is -2.34. The third kappa shape index (κ3) is 5.37. The molecule has 0 radical (unpaired) electrons. The lowest BCUT2D eigenvalue weighted by Crippen LogP contribution is -2.47. The number of hydrogen-bond acceptors (Lipinski definition) is 5. The van der Waals surface area contributed by atoms with E-state index in [1.807, 2.05) is 68.1 Å². The van der Waals surface area contributed by atoms with Crippen LogP contribution in [0.1, 0.15) is 33.3 Å². The van der Waals surface area contributed by atoms with Crippen LogP contribution >= 0.6 is 23.2 Å². The zero-order valence-electron chi connectivity index (χ0n) is 23.2. The Balaban J connectivity index is 1.26. The van der Waals surface area contributed by atoms with Gasteiger partial charge < -0.3 is 14.8 Å². The van der Waals surface area contributed by atoms with Gasteiger partial charge in [-0.3, -0.25) is 14.7 Å². The van der Waals surface area contributed by atoms with Crippen LogP contribution in [-0.2, 0) is 26.6 Å². The summed E-state index contributed by atoms with van der Waals surface area (Å²) in [6, 6.07) is 15.2. The molecule has 4 aromatic rings. The number of aromatic nitrogens is 3. The number of nitrogens with one attached hydrogen (secondary N) is 1. The third-order valence-corrected chi connectivity index (χ3v) is 8.78. The summed E-state index contributed by atoms with van der Waals surface area (Å²) in [5.74, 6) is 0.0405. The average Bonchev–Trinajstić information content (AvgIpc) is 3.25. The molecule has 0 atom stereocenters. The molecule has 1 N–H and O–H groups in total. The molecule has 1 fully saturated rings. The number of benzene rings is 2. The minimum absolute atomic E-state index is 0.316. The molecule has 6 rings (SSSR count). The first-order valence-electron chi connectivity index (χ1n) is 13.6. The van der Waals surface area contributed by atoms with Crippen LogP contribution in [0.2, 0.25) is 10.0 Å². The summed E-state index contributed by atoms with van der Waals surface area (Å²) >= 11 is 13.8. The standard InChI is InChI=1S/C31H31Cl2FN6O/c1-18-19(14-40-15-20(34)16-40)10-11-24(35-18)23-8-4-6-21(28(23)32)22-7-5-9-25(29(22)33)37-31(41)30-36-26-17-38(2)13-12-27(26)39(30)3/h4-11,20H,12-17H2,1-3H3,(H,37,41). The molecule has 0 bridgehead atoms. The number of fused-ring (bicyclic) bond motifs is 1. The summed E-state index contributed by atoms with van der Waals surface area (Å²) < 4.78 is 15.1. The largest absolute Gasteiger partial charge is 0.327 e. The van der Waals surface area contributed by atoms with Gasteiger partial charge in [0, 0.05) is 74.3 Å². The second kappa shape index (κ2) is 11.2. The van der Waals surface area contributed by atoms with Crippen molar-refractivity contribution in [1.29, 1.82) is 0 Å². The molecule has 212 valence electrons. The van der Waals surface area contributed by atoms with Crippen LogP contribution in [0.15, 0.2) is 48.5 Å². The number of amides is 1. The van der Waals surface area contributed by atoms with E-state index in [9.17, 15) is 9.18 Å². The minimum atomic E-state index is -0.731. The Morgan fingerprint density at radius 1 is 1.00 bits per heavy atom. The first-order chi connectivity index (χ1) is 19.7. The molecule has 2 aliphatic heterocycles. The van der Waals surface area contributed by atoms with Crippen molar-refractivity contribution < 1.29 is 9.18 Å². The number of imidazole rings is 1. The summed E-state index contributed by atoms with van der Waals surface area (Å²) in [5, 5.41) is 3.86. The van der Waals surface area contributed by atoms with Gasteiger partial charge in [-0.25, -0.2) is 9.37 Å². The van der Waals surface area contributed by atoms with Crippen molar-refractivity contribution in [1.82, 2.24) is 24.3 Å². The van der Waals surface area contributed by atoms with Crippen LogP contribution < -0.4 is 5.32 Å². The highest BCUT2D eigenvalue weighted by Crippen LogP contribution is 2.41. The molecule has 1 amide bonds. The van der Waals surface area contributed by atoms with E-state index in [4.69, 9.17) is 28.2 Å². The van der Waals surface area contributed by atoms with E-state index in [1.165, 1.54) is 0 Å². The normalized spacial score (nSPS) is 16.0. The van der Waals surface area contributed by atoms with Crippen LogP contribution in [0.3, 0.4) is 0 Å². The molecule has 2 aromatic carbocycles. The second-order valence-corrected chi connectivity index (χ2v) is 11.7. The average molecular weight is 594 g/mol. The Bertz CT molecular complexity index is 1650. The van der Waals surface area contributed by atoms with Gasteiger partial charge in [0.15, 0.2) is 5.82 Å². The van der Waals surface area contributed by atoms with E-state index in [1.54, 1.807) is 6.07 Å². The topological polar surface area (TPSA) is 66.3 Å². The van der Waals surface area contributed by atoms with Gasteiger partial charge in [0.2, 0.25) is 0 Å². The Morgan fingerprint density at radius 2 is 1.71 bits per heavy atom. The smallest absolute Gasteiger partial charge is 0.291 e. The maximum absolute atomic E-state index is 13.3. The number of carbonyl (C=O) groups is 1. The number of nitrogens with zero attached hydrogens (tertiary/aromatic N) is 5. The zero-order chi connectivity index (χ0) is 28.8.